The average molecular weight is 415 g/mol. The van der Waals surface area contributed by atoms with Crippen LogP contribution in [0, 0.1) is 12.8 Å². The number of anilines is 1. The lowest BCUT2D eigenvalue weighted by molar-refractivity contribution is 0.0583. The van der Waals surface area contributed by atoms with Gasteiger partial charge in [0.15, 0.2) is 11.5 Å². The zero-order valence-electron chi connectivity index (χ0n) is 17.9. The Morgan fingerprint density at radius 1 is 1.30 bits per heavy atom. The maximum absolute atomic E-state index is 12.6. The standard InChI is InChI=1S/C22H29N3O5/c1-14(2)13-29-22(27)25-10-6-5-7-19(25)20-12-18(24-30-20)21(26)23-17-9-8-16(28-4)11-15(17)3/h8-9,11-12,14,19H,5-7,10,13H2,1-4H3,(H,23,26). The third kappa shape index (κ3) is 5.11. The lowest BCUT2D eigenvalue weighted by Gasteiger charge is -2.33. The van der Waals surface area contributed by atoms with Crippen LogP contribution in [0.5, 0.6) is 5.75 Å². The molecule has 1 aromatic heterocycles. The predicted octanol–water partition coefficient (Wildman–Crippen LogP) is 4.56. The third-order valence-electron chi connectivity index (χ3n) is 5.05. The first-order valence-electron chi connectivity index (χ1n) is 10.2. The van der Waals surface area contributed by atoms with E-state index >= 15 is 0 Å². The predicted molar refractivity (Wildman–Crippen MR) is 112 cm³/mol. The number of ether oxygens (including phenoxy) is 2. The molecule has 1 aromatic carbocycles. The Balaban J connectivity index is 1.70. The van der Waals surface area contributed by atoms with Crippen molar-refractivity contribution in [1.29, 1.82) is 0 Å². The second kappa shape index (κ2) is 9.65. The number of amides is 2. The summed E-state index contributed by atoms with van der Waals surface area (Å²) >= 11 is 0. The molecule has 0 radical (unpaired) electrons. The van der Waals surface area contributed by atoms with Gasteiger partial charge < -0.3 is 19.3 Å². The van der Waals surface area contributed by atoms with Crippen LogP contribution in [-0.4, -0.2) is 42.3 Å². The molecule has 1 atom stereocenters. The number of aryl methyl sites for hydroxylation is 1. The summed E-state index contributed by atoms with van der Waals surface area (Å²) in [5.74, 6) is 1.10. The number of benzene rings is 1. The molecule has 1 unspecified atom stereocenters. The molecule has 1 aliphatic rings. The van der Waals surface area contributed by atoms with Gasteiger partial charge in [0.25, 0.3) is 5.91 Å². The molecule has 2 amide bonds. The minimum Gasteiger partial charge on any atom is -0.497 e. The van der Waals surface area contributed by atoms with Gasteiger partial charge in [-0.05, 0) is 55.9 Å². The molecular formula is C22H29N3O5. The van der Waals surface area contributed by atoms with Crippen molar-refractivity contribution < 1.29 is 23.6 Å². The monoisotopic (exact) mass is 415 g/mol. The van der Waals surface area contributed by atoms with Crippen LogP contribution >= 0.6 is 0 Å². The van der Waals surface area contributed by atoms with Crippen molar-refractivity contribution in [2.75, 3.05) is 25.6 Å². The number of nitrogens with one attached hydrogen (secondary N) is 1. The number of piperidine rings is 1. The minimum atomic E-state index is -0.372. The Morgan fingerprint density at radius 2 is 2.10 bits per heavy atom. The molecule has 0 bridgehead atoms. The summed E-state index contributed by atoms with van der Waals surface area (Å²) in [6, 6.07) is 6.72. The summed E-state index contributed by atoms with van der Waals surface area (Å²) in [5, 5.41) is 6.77. The lowest BCUT2D eigenvalue weighted by atomic mass is 10.0. The van der Waals surface area contributed by atoms with Gasteiger partial charge >= 0.3 is 6.09 Å². The molecule has 30 heavy (non-hydrogen) atoms. The number of carbonyl (C=O) groups excluding carboxylic acids is 2. The number of carbonyl (C=O) groups is 2. The van der Waals surface area contributed by atoms with Crippen LogP contribution < -0.4 is 10.1 Å². The van der Waals surface area contributed by atoms with Gasteiger partial charge in [-0.25, -0.2) is 4.79 Å². The highest BCUT2D eigenvalue weighted by molar-refractivity contribution is 6.03. The summed E-state index contributed by atoms with van der Waals surface area (Å²) < 4.78 is 16.0. The van der Waals surface area contributed by atoms with Crippen molar-refractivity contribution in [3.8, 4) is 5.75 Å². The minimum absolute atomic E-state index is 0.168. The number of nitrogens with zero attached hydrogens (tertiary/aromatic N) is 2. The topological polar surface area (TPSA) is 93.9 Å². The zero-order chi connectivity index (χ0) is 21.7. The van der Waals surface area contributed by atoms with Gasteiger partial charge in [0.1, 0.15) is 5.75 Å². The van der Waals surface area contributed by atoms with Gasteiger partial charge in [-0.3, -0.25) is 9.69 Å². The van der Waals surface area contributed by atoms with Crippen LogP contribution in [0.1, 0.15) is 61.0 Å². The zero-order valence-corrected chi connectivity index (χ0v) is 17.9. The molecule has 0 saturated carbocycles. The van der Waals surface area contributed by atoms with E-state index in [4.69, 9.17) is 14.0 Å². The number of hydrogen-bond acceptors (Lipinski definition) is 6. The van der Waals surface area contributed by atoms with Crippen LogP contribution in [-0.2, 0) is 4.74 Å². The molecule has 0 spiro atoms. The second-order valence-electron chi connectivity index (χ2n) is 7.93. The van der Waals surface area contributed by atoms with E-state index in [1.807, 2.05) is 26.8 Å². The Labute approximate surface area is 176 Å². The van der Waals surface area contributed by atoms with Gasteiger partial charge in [-0.2, -0.15) is 0 Å². The van der Waals surface area contributed by atoms with Crippen molar-refractivity contribution in [1.82, 2.24) is 10.1 Å². The molecule has 3 rings (SSSR count). The van der Waals surface area contributed by atoms with E-state index in [1.165, 1.54) is 0 Å². The summed E-state index contributed by atoms with van der Waals surface area (Å²) in [6.45, 7) is 6.83. The Bertz CT molecular complexity index is 893. The fourth-order valence-electron chi connectivity index (χ4n) is 3.41. The van der Waals surface area contributed by atoms with Crippen LogP contribution in [0.4, 0.5) is 10.5 Å². The molecule has 1 N–H and O–H groups in total. The number of likely N-dealkylation sites (tertiary alicyclic amines) is 1. The van der Waals surface area contributed by atoms with Crippen molar-refractivity contribution in [2.24, 2.45) is 5.92 Å². The lowest BCUT2D eigenvalue weighted by Crippen LogP contribution is -2.39. The molecule has 1 saturated heterocycles. The highest BCUT2D eigenvalue weighted by Crippen LogP contribution is 2.32. The molecule has 1 fully saturated rings. The summed E-state index contributed by atoms with van der Waals surface area (Å²) in [6.07, 6.45) is 2.26. The quantitative estimate of drug-likeness (QED) is 0.743. The van der Waals surface area contributed by atoms with Gasteiger partial charge in [0.2, 0.25) is 0 Å². The fraction of sp³-hybridized carbons (Fsp3) is 0.500. The molecule has 1 aliphatic heterocycles. The van der Waals surface area contributed by atoms with E-state index in [0.29, 0.717) is 24.6 Å². The van der Waals surface area contributed by atoms with Crippen LogP contribution in [0.2, 0.25) is 0 Å². The molecular weight excluding hydrogens is 386 g/mol. The second-order valence-corrected chi connectivity index (χ2v) is 7.93. The van der Waals surface area contributed by atoms with Crippen LogP contribution in [0.25, 0.3) is 0 Å². The number of hydrogen-bond donors (Lipinski definition) is 1. The first kappa shape index (κ1) is 21.7. The van der Waals surface area contributed by atoms with Crippen LogP contribution in [0.15, 0.2) is 28.8 Å². The smallest absolute Gasteiger partial charge is 0.410 e. The summed E-state index contributed by atoms with van der Waals surface area (Å²) in [4.78, 5) is 26.8. The fourth-order valence-corrected chi connectivity index (χ4v) is 3.41. The molecule has 162 valence electrons. The van der Waals surface area contributed by atoms with Gasteiger partial charge in [0.05, 0.1) is 19.8 Å². The SMILES string of the molecule is COc1ccc(NC(=O)c2cc(C3CCCCN3C(=O)OCC(C)C)on2)c(C)c1. The number of rotatable bonds is 6. The summed E-state index contributed by atoms with van der Waals surface area (Å²) in [5.41, 5.74) is 1.71. The maximum atomic E-state index is 12.6. The van der Waals surface area contributed by atoms with Crippen LogP contribution in [0.3, 0.4) is 0 Å². The molecule has 8 nitrogen and oxygen atoms in total. The molecule has 2 aromatic rings. The van der Waals surface area contributed by atoms with E-state index in [0.717, 1.165) is 30.6 Å². The van der Waals surface area contributed by atoms with Crippen molar-refractivity contribution in [3.05, 3.63) is 41.3 Å². The summed E-state index contributed by atoms with van der Waals surface area (Å²) in [7, 11) is 1.59. The highest BCUT2D eigenvalue weighted by atomic mass is 16.6. The third-order valence-corrected chi connectivity index (χ3v) is 5.05. The normalized spacial score (nSPS) is 16.4. The van der Waals surface area contributed by atoms with Gasteiger partial charge in [-0.15, -0.1) is 0 Å². The largest absolute Gasteiger partial charge is 0.497 e. The van der Waals surface area contributed by atoms with E-state index < -0.39 is 0 Å². The number of methoxy groups -OCH3 is 1. The Kier molecular flexibility index (Phi) is 6.97. The van der Waals surface area contributed by atoms with E-state index in [1.54, 1.807) is 30.2 Å². The highest BCUT2D eigenvalue weighted by Gasteiger charge is 2.32. The number of aromatic nitrogens is 1. The maximum Gasteiger partial charge on any atom is 0.410 e. The molecule has 2 heterocycles. The van der Waals surface area contributed by atoms with Crippen molar-refractivity contribution in [3.63, 3.8) is 0 Å². The van der Waals surface area contributed by atoms with E-state index in [2.05, 4.69) is 10.5 Å². The van der Waals surface area contributed by atoms with Gasteiger partial charge in [0, 0.05) is 18.3 Å². The van der Waals surface area contributed by atoms with Crippen molar-refractivity contribution >= 4 is 17.7 Å². The molecule has 0 aliphatic carbocycles. The van der Waals surface area contributed by atoms with E-state index in [9.17, 15) is 9.59 Å². The first-order chi connectivity index (χ1) is 14.4. The van der Waals surface area contributed by atoms with E-state index in [-0.39, 0.29) is 29.7 Å². The van der Waals surface area contributed by atoms with Gasteiger partial charge in [-0.1, -0.05) is 19.0 Å². The Hall–Kier alpha value is -3.03. The Morgan fingerprint density at radius 3 is 2.80 bits per heavy atom. The average Bonchev–Trinajstić information content (AvgIpc) is 3.23. The molecule has 8 heteroatoms. The van der Waals surface area contributed by atoms with Crippen molar-refractivity contribution in [2.45, 2.75) is 46.1 Å². The first-order valence-corrected chi connectivity index (χ1v) is 10.2.